The maximum Gasteiger partial charge on any atom is 0.319 e. The van der Waals surface area contributed by atoms with Crippen molar-refractivity contribution >= 4 is 66.7 Å². The topological polar surface area (TPSA) is 126 Å². The second-order valence-electron chi connectivity index (χ2n) is 13.0. The van der Waals surface area contributed by atoms with Gasteiger partial charge in [-0.25, -0.2) is 31.9 Å². The van der Waals surface area contributed by atoms with Crippen molar-refractivity contribution in [3.63, 3.8) is 0 Å². The smallest absolute Gasteiger partial charge is 0.319 e. The molecular weight excluding hydrogens is 714 g/mol. The van der Waals surface area contributed by atoms with Crippen LogP contribution < -0.4 is 15.4 Å². The maximum atomic E-state index is 16.7. The third kappa shape index (κ3) is 5.91. The molecule has 0 spiro atoms. The summed E-state index contributed by atoms with van der Waals surface area (Å²) in [6.07, 6.45) is 5.19. The van der Waals surface area contributed by atoms with Crippen LogP contribution in [0.5, 0.6) is 6.01 Å². The molecule has 0 unspecified atom stereocenters. The van der Waals surface area contributed by atoms with Crippen LogP contribution in [0.2, 0.25) is 0 Å². The molecule has 1 aromatic carbocycles. The van der Waals surface area contributed by atoms with E-state index < -0.39 is 46.6 Å². The number of pyridine rings is 1. The zero-order valence-corrected chi connectivity index (χ0v) is 28.7. The normalized spacial score (nSPS) is 22.4. The Morgan fingerprint density at radius 2 is 2.00 bits per heavy atom. The van der Waals surface area contributed by atoms with Gasteiger partial charge in [0.05, 0.1) is 26.7 Å². The number of likely N-dealkylation sites (N-methyl/N-ethyl adjacent to an activating group) is 1. The lowest BCUT2D eigenvalue weighted by atomic mass is 9.95. The van der Waals surface area contributed by atoms with Gasteiger partial charge in [-0.2, -0.15) is 9.97 Å². The highest BCUT2D eigenvalue weighted by Gasteiger charge is 2.49. The third-order valence-electron chi connectivity index (χ3n) is 9.94. The van der Waals surface area contributed by atoms with Crippen molar-refractivity contribution in [3.8, 4) is 17.3 Å². The van der Waals surface area contributed by atoms with E-state index >= 15 is 8.78 Å². The quantitative estimate of drug-likeness (QED) is 0.155. The molecule has 51 heavy (non-hydrogen) atoms. The van der Waals surface area contributed by atoms with Crippen LogP contribution in [0.25, 0.3) is 38.5 Å². The zero-order chi connectivity index (χ0) is 35.6. The number of alkyl halides is 1. The molecule has 18 heteroatoms. The Balaban J connectivity index is 1.17. The van der Waals surface area contributed by atoms with E-state index in [4.69, 9.17) is 10.5 Å². The number of anilines is 2. The zero-order valence-electron chi connectivity index (χ0n) is 27.1. The minimum atomic E-state index is -1.09. The highest BCUT2D eigenvalue weighted by molar-refractivity contribution is 7.22. The molecule has 266 valence electrons. The predicted octanol–water partition coefficient (Wildman–Crippen LogP) is 5.76. The number of carbonyl (C=O) groups excluding carboxylic acids is 1. The minimum Gasteiger partial charge on any atom is -0.461 e. The predicted molar refractivity (Wildman–Crippen MR) is 183 cm³/mol. The molecule has 4 aromatic heterocycles. The standard InChI is InChI=1S/C33H30F5N9O2S2/c1-45(17-3-7-46(14-17)30(48)21(37)10-22-40-5-8-50-22)29-18-12-41-26(23-19(35)9-20(36)28-27(23)42-31(39)51-28)24(38)25(18)43-32(44-29)49-15-33-4-2-6-47(33)13-16(34)11-33/h5,8-10,12,16-17H,2-4,6-7,11,13-15H2,1H3,(H2,39,42)/b21-10-/t16-,17-,33+/m1/s1. The number of carbonyl (C=O) groups is 1. The lowest BCUT2D eigenvalue weighted by Gasteiger charge is -2.31. The Morgan fingerprint density at radius 3 is 2.80 bits per heavy atom. The Hall–Kier alpha value is -4.55. The van der Waals surface area contributed by atoms with Crippen molar-refractivity contribution in [1.29, 1.82) is 0 Å². The van der Waals surface area contributed by atoms with Crippen LogP contribution in [0.4, 0.5) is 32.9 Å². The summed E-state index contributed by atoms with van der Waals surface area (Å²) in [5, 5.41) is 2.15. The number of nitrogen functional groups attached to an aromatic ring is 1. The molecule has 7 heterocycles. The number of aromatic nitrogens is 5. The number of halogens is 5. The summed E-state index contributed by atoms with van der Waals surface area (Å²) in [6, 6.07) is 0.0476. The van der Waals surface area contributed by atoms with Gasteiger partial charge in [0.1, 0.15) is 46.4 Å². The van der Waals surface area contributed by atoms with Gasteiger partial charge in [-0.05, 0) is 25.8 Å². The van der Waals surface area contributed by atoms with Crippen LogP contribution in [-0.4, -0.2) is 98.2 Å². The number of rotatable bonds is 8. The molecule has 5 aromatic rings. The molecule has 0 bridgehead atoms. The molecule has 3 aliphatic heterocycles. The average Bonchev–Trinajstić information content (AvgIpc) is 3.94. The molecular formula is C33H30F5N9O2S2. The Labute approximate surface area is 295 Å². The van der Waals surface area contributed by atoms with Crippen LogP contribution in [-0.2, 0) is 4.79 Å². The first-order valence-electron chi connectivity index (χ1n) is 16.2. The van der Waals surface area contributed by atoms with E-state index in [1.807, 2.05) is 0 Å². The number of likely N-dealkylation sites (tertiary alicyclic amines) is 1. The SMILES string of the molecule is CN(c1nc(OC[C@@]23CCCN2C[C@H](F)C3)nc2c(F)c(-c3c(F)cc(F)c4sc(N)nc34)ncc12)[C@@H]1CCN(C(=O)/C(F)=C/c2nccs2)C1. The van der Waals surface area contributed by atoms with Crippen LogP contribution in [0, 0.1) is 17.5 Å². The molecule has 0 aliphatic carbocycles. The Morgan fingerprint density at radius 1 is 1.16 bits per heavy atom. The van der Waals surface area contributed by atoms with Gasteiger partial charge < -0.3 is 20.3 Å². The van der Waals surface area contributed by atoms with E-state index in [-0.39, 0.29) is 75.8 Å². The molecule has 8 rings (SSSR count). The fourth-order valence-electron chi connectivity index (χ4n) is 7.47. The first-order valence-corrected chi connectivity index (χ1v) is 17.9. The van der Waals surface area contributed by atoms with Crippen LogP contribution in [0.15, 0.2) is 29.7 Å². The van der Waals surface area contributed by atoms with Crippen LogP contribution in [0.1, 0.15) is 30.7 Å². The number of benzene rings is 1. The number of hydrogen-bond acceptors (Lipinski definition) is 12. The third-order valence-corrected chi connectivity index (χ3v) is 11.6. The van der Waals surface area contributed by atoms with E-state index in [1.165, 1.54) is 28.6 Å². The van der Waals surface area contributed by atoms with Crippen molar-refractivity contribution in [1.82, 2.24) is 34.7 Å². The highest BCUT2D eigenvalue weighted by atomic mass is 32.1. The van der Waals surface area contributed by atoms with Gasteiger partial charge in [-0.1, -0.05) is 11.3 Å². The van der Waals surface area contributed by atoms with Crippen LogP contribution in [0.3, 0.4) is 0 Å². The van der Waals surface area contributed by atoms with Crippen molar-refractivity contribution in [2.75, 3.05) is 50.5 Å². The molecule has 3 atom stereocenters. The number of ether oxygens (including phenoxy) is 1. The molecule has 3 saturated heterocycles. The first-order chi connectivity index (χ1) is 24.5. The second kappa shape index (κ2) is 12.9. The summed E-state index contributed by atoms with van der Waals surface area (Å²) in [5.74, 6) is -4.54. The summed E-state index contributed by atoms with van der Waals surface area (Å²) in [5.41, 5.74) is 3.96. The van der Waals surface area contributed by atoms with E-state index in [9.17, 15) is 18.0 Å². The van der Waals surface area contributed by atoms with Crippen molar-refractivity contribution in [2.24, 2.45) is 0 Å². The summed E-state index contributed by atoms with van der Waals surface area (Å²) < 4.78 is 82.2. The van der Waals surface area contributed by atoms with Gasteiger partial charge in [0.2, 0.25) is 0 Å². The number of hydrogen-bond donors (Lipinski definition) is 1. The highest BCUT2D eigenvalue weighted by Crippen LogP contribution is 2.42. The number of nitrogens with two attached hydrogens (primary N) is 1. The van der Waals surface area contributed by atoms with E-state index in [1.54, 1.807) is 17.3 Å². The molecule has 1 amide bonds. The van der Waals surface area contributed by atoms with E-state index in [0.717, 1.165) is 30.4 Å². The van der Waals surface area contributed by atoms with Gasteiger partial charge in [-0.15, -0.1) is 11.3 Å². The first kappa shape index (κ1) is 33.6. The molecule has 11 nitrogen and oxygen atoms in total. The van der Waals surface area contributed by atoms with Gasteiger partial charge >= 0.3 is 6.01 Å². The van der Waals surface area contributed by atoms with Gasteiger partial charge in [0.15, 0.2) is 16.8 Å². The van der Waals surface area contributed by atoms with E-state index in [0.29, 0.717) is 30.5 Å². The summed E-state index contributed by atoms with van der Waals surface area (Å²) in [6.45, 7) is 1.47. The molecule has 0 saturated carbocycles. The molecule has 2 N–H and O–H groups in total. The minimum absolute atomic E-state index is 0.0377. The fourth-order valence-corrected chi connectivity index (χ4v) is 8.78. The second-order valence-corrected chi connectivity index (χ2v) is 14.9. The fraction of sp³-hybridized carbons (Fsp3) is 0.394. The summed E-state index contributed by atoms with van der Waals surface area (Å²) >= 11 is 1.99. The van der Waals surface area contributed by atoms with Crippen molar-refractivity contribution < 1.29 is 31.5 Å². The molecule has 3 aliphatic rings. The number of fused-ring (bicyclic) bond motifs is 3. The van der Waals surface area contributed by atoms with Crippen LogP contribution >= 0.6 is 22.7 Å². The number of thiazole rings is 2. The average molecular weight is 744 g/mol. The Bertz CT molecular complexity index is 2200. The lowest BCUT2D eigenvalue weighted by molar-refractivity contribution is -0.127. The number of amides is 1. The number of nitrogens with zero attached hydrogens (tertiary/aromatic N) is 8. The molecule has 3 fully saturated rings. The Kier molecular flexibility index (Phi) is 8.49. The van der Waals surface area contributed by atoms with Gasteiger partial charge in [0.25, 0.3) is 5.91 Å². The van der Waals surface area contributed by atoms with E-state index in [2.05, 4.69) is 29.8 Å². The molecule has 0 radical (unpaired) electrons. The van der Waals surface area contributed by atoms with Gasteiger partial charge in [0, 0.05) is 69.1 Å². The maximum absolute atomic E-state index is 16.7. The van der Waals surface area contributed by atoms with Crippen molar-refractivity contribution in [3.05, 3.63) is 52.1 Å². The largest absolute Gasteiger partial charge is 0.461 e. The van der Waals surface area contributed by atoms with Crippen molar-refractivity contribution in [2.45, 2.75) is 43.4 Å². The van der Waals surface area contributed by atoms with Gasteiger partial charge in [-0.3, -0.25) is 14.7 Å². The lowest BCUT2D eigenvalue weighted by Crippen LogP contribution is -2.43. The monoisotopic (exact) mass is 743 g/mol. The summed E-state index contributed by atoms with van der Waals surface area (Å²) in [4.78, 5) is 39.5. The summed E-state index contributed by atoms with van der Waals surface area (Å²) in [7, 11) is 1.70.